The maximum Gasteiger partial charge on any atom is 0.255 e. The number of anilines is 1. The smallest absolute Gasteiger partial charge is 0.255 e. The fourth-order valence-corrected chi connectivity index (χ4v) is 2.90. The van der Waals surface area contributed by atoms with Crippen molar-refractivity contribution in [3.05, 3.63) is 59.7 Å². The molecule has 0 aromatic heterocycles. The van der Waals surface area contributed by atoms with Gasteiger partial charge in [0, 0.05) is 29.9 Å². The van der Waals surface area contributed by atoms with E-state index in [-0.39, 0.29) is 11.8 Å². The van der Waals surface area contributed by atoms with E-state index < -0.39 is 0 Å². The van der Waals surface area contributed by atoms with Crippen molar-refractivity contribution in [3.8, 4) is 5.75 Å². The number of ether oxygens (including phenoxy) is 1. The summed E-state index contributed by atoms with van der Waals surface area (Å²) in [5.74, 6) is 0.515. The lowest BCUT2D eigenvalue weighted by molar-refractivity contribution is 0.0792. The highest BCUT2D eigenvalue weighted by Gasteiger charge is 2.19. The average molecular weight is 338 g/mol. The number of hydrogen-bond donors (Lipinski definition) is 1. The molecule has 0 bridgehead atoms. The van der Waals surface area contributed by atoms with E-state index in [4.69, 9.17) is 4.74 Å². The van der Waals surface area contributed by atoms with E-state index in [0.717, 1.165) is 25.9 Å². The van der Waals surface area contributed by atoms with Crippen LogP contribution < -0.4 is 10.1 Å². The number of benzene rings is 2. The number of nitrogens with one attached hydrogen (secondary N) is 1. The van der Waals surface area contributed by atoms with Gasteiger partial charge in [-0.3, -0.25) is 9.59 Å². The van der Waals surface area contributed by atoms with E-state index >= 15 is 0 Å². The third kappa shape index (κ3) is 4.18. The second-order valence-corrected chi connectivity index (χ2v) is 5.99. The molecule has 0 atom stereocenters. The summed E-state index contributed by atoms with van der Waals surface area (Å²) in [6.07, 6.45) is 2.14. The zero-order valence-corrected chi connectivity index (χ0v) is 14.3. The first-order chi connectivity index (χ1) is 12.2. The zero-order valence-electron chi connectivity index (χ0n) is 14.3. The molecule has 0 aliphatic carbocycles. The summed E-state index contributed by atoms with van der Waals surface area (Å²) < 4.78 is 5.42. The molecule has 25 heavy (non-hydrogen) atoms. The first kappa shape index (κ1) is 17.0. The molecule has 130 valence electrons. The molecule has 1 fully saturated rings. The molecule has 2 aromatic rings. The number of carbonyl (C=O) groups excluding carboxylic acids is 2. The lowest BCUT2D eigenvalue weighted by Gasteiger charge is -2.15. The highest BCUT2D eigenvalue weighted by molar-refractivity contribution is 6.04. The Morgan fingerprint density at radius 2 is 1.76 bits per heavy atom. The van der Waals surface area contributed by atoms with Gasteiger partial charge in [-0.2, -0.15) is 0 Å². The van der Waals surface area contributed by atoms with Crippen LogP contribution in [0.15, 0.2) is 48.5 Å². The second kappa shape index (κ2) is 7.83. The van der Waals surface area contributed by atoms with Crippen molar-refractivity contribution in [3.63, 3.8) is 0 Å². The molecule has 1 aliphatic heterocycles. The van der Waals surface area contributed by atoms with E-state index in [1.807, 2.05) is 17.9 Å². The van der Waals surface area contributed by atoms with Gasteiger partial charge in [0.1, 0.15) is 5.75 Å². The van der Waals surface area contributed by atoms with Gasteiger partial charge >= 0.3 is 0 Å². The van der Waals surface area contributed by atoms with Gasteiger partial charge in [0.2, 0.25) is 0 Å². The van der Waals surface area contributed by atoms with E-state index in [2.05, 4.69) is 5.32 Å². The first-order valence-electron chi connectivity index (χ1n) is 8.61. The highest BCUT2D eigenvalue weighted by Crippen LogP contribution is 2.18. The Bertz CT molecular complexity index is 750. The van der Waals surface area contributed by atoms with Crippen molar-refractivity contribution >= 4 is 17.5 Å². The Hall–Kier alpha value is -2.82. The number of nitrogens with zero attached hydrogens (tertiary/aromatic N) is 1. The van der Waals surface area contributed by atoms with Crippen molar-refractivity contribution < 1.29 is 14.3 Å². The Morgan fingerprint density at radius 1 is 1.04 bits per heavy atom. The van der Waals surface area contributed by atoms with Crippen molar-refractivity contribution in [1.82, 2.24) is 4.90 Å². The van der Waals surface area contributed by atoms with Crippen LogP contribution in [-0.4, -0.2) is 36.4 Å². The molecule has 1 N–H and O–H groups in total. The van der Waals surface area contributed by atoms with Crippen LogP contribution in [0.25, 0.3) is 0 Å². The van der Waals surface area contributed by atoms with Crippen LogP contribution in [0.4, 0.5) is 5.69 Å². The molecule has 1 aliphatic rings. The molecule has 5 nitrogen and oxygen atoms in total. The standard InChI is InChI=1S/C20H22N2O3/c1-2-25-18-7-5-6-16(14-18)19(23)21-17-10-8-15(9-11-17)20(24)22-12-3-4-13-22/h5-11,14H,2-4,12-13H2,1H3,(H,21,23). The third-order valence-electron chi connectivity index (χ3n) is 4.19. The molecule has 2 aromatic carbocycles. The van der Waals surface area contributed by atoms with E-state index in [9.17, 15) is 9.59 Å². The summed E-state index contributed by atoms with van der Waals surface area (Å²) in [4.78, 5) is 26.6. The van der Waals surface area contributed by atoms with Crippen molar-refractivity contribution in [2.75, 3.05) is 25.0 Å². The lowest BCUT2D eigenvalue weighted by Crippen LogP contribution is -2.27. The topological polar surface area (TPSA) is 58.6 Å². The summed E-state index contributed by atoms with van der Waals surface area (Å²) in [6.45, 7) is 4.11. The van der Waals surface area contributed by atoms with E-state index in [1.54, 1.807) is 42.5 Å². The maximum absolute atomic E-state index is 12.4. The molecular formula is C20H22N2O3. The highest BCUT2D eigenvalue weighted by atomic mass is 16.5. The van der Waals surface area contributed by atoms with Gasteiger partial charge in [-0.05, 0) is 62.2 Å². The Kier molecular flexibility index (Phi) is 5.33. The maximum atomic E-state index is 12.4. The molecule has 0 unspecified atom stereocenters. The SMILES string of the molecule is CCOc1cccc(C(=O)Nc2ccc(C(=O)N3CCCC3)cc2)c1. The van der Waals surface area contributed by atoms with Crippen LogP contribution in [0.1, 0.15) is 40.5 Å². The quantitative estimate of drug-likeness (QED) is 0.906. The van der Waals surface area contributed by atoms with E-state index in [1.165, 1.54) is 0 Å². The van der Waals surface area contributed by atoms with Gasteiger partial charge in [0.15, 0.2) is 0 Å². The number of amides is 2. The van der Waals surface area contributed by atoms with Crippen molar-refractivity contribution in [2.45, 2.75) is 19.8 Å². The first-order valence-corrected chi connectivity index (χ1v) is 8.61. The minimum atomic E-state index is -0.208. The van der Waals surface area contributed by atoms with Crippen LogP contribution in [0.3, 0.4) is 0 Å². The van der Waals surface area contributed by atoms with Crippen LogP contribution in [0.5, 0.6) is 5.75 Å². The monoisotopic (exact) mass is 338 g/mol. The molecule has 2 amide bonds. The van der Waals surface area contributed by atoms with Crippen LogP contribution >= 0.6 is 0 Å². The molecule has 0 radical (unpaired) electrons. The van der Waals surface area contributed by atoms with Gasteiger partial charge in [-0.1, -0.05) is 6.07 Å². The van der Waals surface area contributed by atoms with Gasteiger partial charge in [0.25, 0.3) is 11.8 Å². The molecular weight excluding hydrogens is 316 g/mol. The molecule has 5 heteroatoms. The van der Waals surface area contributed by atoms with Crippen molar-refractivity contribution in [2.24, 2.45) is 0 Å². The zero-order chi connectivity index (χ0) is 17.6. The average Bonchev–Trinajstić information content (AvgIpc) is 3.17. The van der Waals surface area contributed by atoms with Crippen LogP contribution in [0, 0.1) is 0 Å². The fraction of sp³-hybridized carbons (Fsp3) is 0.300. The van der Waals surface area contributed by atoms with Gasteiger partial charge in [-0.15, -0.1) is 0 Å². The summed E-state index contributed by atoms with van der Waals surface area (Å²) in [7, 11) is 0. The van der Waals surface area contributed by atoms with Crippen molar-refractivity contribution in [1.29, 1.82) is 0 Å². The normalized spacial score (nSPS) is 13.6. The second-order valence-electron chi connectivity index (χ2n) is 5.99. The molecule has 1 saturated heterocycles. The number of hydrogen-bond acceptors (Lipinski definition) is 3. The van der Waals surface area contributed by atoms with Gasteiger partial charge in [0.05, 0.1) is 6.61 Å². The third-order valence-corrected chi connectivity index (χ3v) is 4.19. The number of carbonyl (C=O) groups is 2. The summed E-state index contributed by atoms with van der Waals surface area (Å²) >= 11 is 0. The van der Waals surface area contributed by atoms with Gasteiger partial charge < -0.3 is 15.0 Å². The minimum Gasteiger partial charge on any atom is -0.494 e. The van der Waals surface area contributed by atoms with Crippen LogP contribution in [0.2, 0.25) is 0 Å². The summed E-state index contributed by atoms with van der Waals surface area (Å²) in [5.41, 5.74) is 1.84. The lowest BCUT2D eigenvalue weighted by atomic mass is 10.1. The Balaban J connectivity index is 1.65. The number of likely N-dealkylation sites (tertiary alicyclic amines) is 1. The van der Waals surface area contributed by atoms with E-state index in [0.29, 0.717) is 29.2 Å². The predicted molar refractivity (Wildman–Crippen MR) is 97.1 cm³/mol. The summed E-state index contributed by atoms with van der Waals surface area (Å²) in [6, 6.07) is 14.1. The Morgan fingerprint density at radius 3 is 2.44 bits per heavy atom. The fourth-order valence-electron chi connectivity index (χ4n) is 2.90. The summed E-state index contributed by atoms with van der Waals surface area (Å²) in [5, 5.41) is 2.84. The minimum absolute atomic E-state index is 0.0554. The Labute approximate surface area is 147 Å². The molecule has 1 heterocycles. The molecule has 0 spiro atoms. The number of rotatable bonds is 5. The molecule has 3 rings (SSSR count). The predicted octanol–water partition coefficient (Wildman–Crippen LogP) is 3.57. The molecule has 0 saturated carbocycles. The van der Waals surface area contributed by atoms with Gasteiger partial charge in [-0.25, -0.2) is 0 Å². The largest absolute Gasteiger partial charge is 0.494 e. The van der Waals surface area contributed by atoms with Crippen LogP contribution in [-0.2, 0) is 0 Å².